The Labute approximate surface area is 137 Å². The number of aliphatic hydroxyl groups is 1. The number of carbonyl (C=O) groups excluding carboxylic acids is 1. The Kier molecular flexibility index (Phi) is 4.22. The highest BCUT2D eigenvalue weighted by atomic mass is 16.3. The summed E-state index contributed by atoms with van der Waals surface area (Å²) in [5.41, 5.74) is 3.79. The van der Waals surface area contributed by atoms with Crippen molar-refractivity contribution in [2.45, 2.75) is 38.7 Å². The molecule has 3 heteroatoms. The van der Waals surface area contributed by atoms with Gasteiger partial charge in [-0.2, -0.15) is 0 Å². The molecule has 0 spiro atoms. The first kappa shape index (κ1) is 15.8. The van der Waals surface area contributed by atoms with Gasteiger partial charge in [-0.15, -0.1) is 0 Å². The minimum Gasteiger partial charge on any atom is -0.383 e. The molecule has 120 valence electrons. The lowest BCUT2D eigenvalue weighted by atomic mass is 9.79. The van der Waals surface area contributed by atoms with Crippen LogP contribution in [0.3, 0.4) is 0 Å². The molecule has 23 heavy (non-hydrogen) atoms. The monoisotopic (exact) mass is 309 g/mol. The third-order valence-electron chi connectivity index (χ3n) is 4.80. The average Bonchev–Trinajstić information content (AvgIpc) is 2.53. The van der Waals surface area contributed by atoms with Gasteiger partial charge in [-0.25, -0.2) is 0 Å². The lowest BCUT2D eigenvalue weighted by Gasteiger charge is -2.34. The minimum atomic E-state index is -0.971. The van der Waals surface area contributed by atoms with Gasteiger partial charge in [0.2, 0.25) is 0 Å². The van der Waals surface area contributed by atoms with Gasteiger partial charge in [0.1, 0.15) is 5.60 Å². The molecule has 0 aliphatic heterocycles. The van der Waals surface area contributed by atoms with E-state index in [9.17, 15) is 9.90 Å². The zero-order valence-corrected chi connectivity index (χ0v) is 13.7. The van der Waals surface area contributed by atoms with Gasteiger partial charge in [0, 0.05) is 5.56 Å². The zero-order chi connectivity index (χ0) is 16.4. The number of rotatable bonds is 3. The molecular formula is C20H23NO2. The maximum atomic E-state index is 12.6. The molecule has 1 amide bonds. The topological polar surface area (TPSA) is 49.3 Å². The number of carbonyl (C=O) groups is 1. The van der Waals surface area contributed by atoms with E-state index < -0.39 is 5.60 Å². The number of amides is 1. The fourth-order valence-electron chi connectivity index (χ4n) is 3.57. The summed E-state index contributed by atoms with van der Waals surface area (Å²) in [5.74, 6) is -0.114. The first-order valence-corrected chi connectivity index (χ1v) is 8.16. The van der Waals surface area contributed by atoms with Crippen molar-refractivity contribution >= 4 is 5.91 Å². The molecule has 1 unspecified atom stereocenters. The molecule has 0 saturated heterocycles. The summed E-state index contributed by atoms with van der Waals surface area (Å²) < 4.78 is 0. The van der Waals surface area contributed by atoms with E-state index >= 15 is 0 Å². The Balaban J connectivity index is 1.80. The van der Waals surface area contributed by atoms with Crippen molar-refractivity contribution in [3.05, 3.63) is 70.3 Å². The molecule has 1 atom stereocenters. The highest BCUT2D eigenvalue weighted by molar-refractivity contribution is 5.97. The normalized spacial score (nSPS) is 20.0. The van der Waals surface area contributed by atoms with Crippen LogP contribution in [0.15, 0.2) is 42.5 Å². The van der Waals surface area contributed by atoms with Crippen LogP contribution in [0.25, 0.3) is 0 Å². The summed E-state index contributed by atoms with van der Waals surface area (Å²) in [5, 5.41) is 14.0. The van der Waals surface area contributed by atoms with Crippen molar-refractivity contribution in [3.63, 3.8) is 0 Å². The molecule has 0 saturated carbocycles. The van der Waals surface area contributed by atoms with E-state index in [1.165, 1.54) is 5.56 Å². The van der Waals surface area contributed by atoms with E-state index in [0.29, 0.717) is 12.0 Å². The maximum absolute atomic E-state index is 12.6. The second-order valence-electron chi connectivity index (χ2n) is 6.49. The van der Waals surface area contributed by atoms with Gasteiger partial charge in [-0.05, 0) is 55.4 Å². The van der Waals surface area contributed by atoms with Crippen LogP contribution >= 0.6 is 0 Å². The van der Waals surface area contributed by atoms with E-state index in [1.807, 2.05) is 50.2 Å². The first-order chi connectivity index (χ1) is 11.0. The Morgan fingerprint density at radius 2 is 1.83 bits per heavy atom. The summed E-state index contributed by atoms with van der Waals surface area (Å²) in [6.45, 7) is 4.12. The van der Waals surface area contributed by atoms with Gasteiger partial charge in [-0.3, -0.25) is 4.79 Å². The van der Waals surface area contributed by atoms with Gasteiger partial charge >= 0.3 is 0 Å². The Bertz CT molecular complexity index is 718. The fourth-order valence-corrected chi connectivity index (χ4v) is 3.57. The molecule has 1 aliphatic rings. The standard InChI is InChI=1S/C20H23NO2/c1-14-7-5-8-15(2)18(14)19(22)21-13-20(23)12-6-10-16-9-3-4-11-17(16)20/h3-5,7-9,11,23H,6,10,12-13H2,1-2H3,(H,21,22). The highest BCUT2D eigenvalue weighted by Crippen LogP contribution is 2.34. The Morgan fingerprint density at radius 1 is 1.13 bits per heavy atom. The van der Waals surface area contributed by atoms with Crippen molar-refractivity contribution in [1.29, 1.82) is 0 Å². The molecule has 2 aromatic rings. The predicted molar refractivity (Wildman–Crippen MR) is 91.5 cm³/mol. The summed E-state index contributed by atoms with van der Waals surface area (Å²) in [7, 11) is 0. The Hall–Kier alpha value is -2.13. The van der Waals surface area contributed by atoms with E-state index in [0.717, 1.165) is 29.5 Å². The summed E-state index contributed by atoms with van der Waals surface area (Å²) >= 11 is 0. The summed E-state index contributed by atoms with van der Waals surface area (Å²) in [6.07, 6.45) is 2.60. The second kappa shape index (κ2) is 6.17. The van der Waals surface area contributed by atoms with Crippen molar-refractivity contribution in [3.8, 4) is 0 Å². The van der Waals surface area contributed by atoms with Gasteiger partial charge in [-0.1, -0.05) is 42.5 Å². The fraction of sp³-hybridized carbons (Fsp3) is 0.350. The van der Waals surface area contributed by atoms with Gasteiger partial charge in [0.25, 0.3) is 5.91 Å². The molecule has 2 aromatic carbocycles. The van der Waals surface area contributed by atoms with E-state index in [1.54, 1.807) is 0 Å². The van der Waals surface area contributed by atoms with E-state index in [2.05, 4.69) is 11.4 Å². The summed E-state index contributed by atoms with van der Waals surface area (Å²) in [4.78, 5) is 12.6. The van der Waals surface area contributed by atoms with Crippen LogP contribution in [0, 0.1) is 13.8 Å². The predicted octanol–water partition coefficient (Wildman–Crippen LogP) is 3.26. The lowest BCUT2D eigenvalue weighted by molar-refractivity contribution is 0.0189. The van der Waals surface area contributed by atoms with Gasteiger partial charge in [0.05, 0.1) is 6.54 Å². The van der Waals surface area contributed by atoms with E-state index in [-0.39, 0.29) is 12.5 Å². The van der Waals surface area contributed by atoms with Crippen molar-refractivity contribution in [1.82, 2.24) is 5.32 Å². The number of hydrogen-bond donors (Lipinski definition) is 2. The van der Waals surface area contributed by atoms with Crippen LogP contribution in [-0.4, -0.2) is 17.6 Å². The van der Waals surface area contributed by atoms with Crippen molar-refractivity contribution < 1.29 is 9.90 Å². The number of nitrogens with one attached hydrogen (secondary N) is 1. The molecule has 0 heterocycles. The highest BCUT2D eigenvalue weighted by Gasteiger charge is 2.34. The molecule has 0 fully saturated rings. The molecule has 2 N–H and O–H groups in total. The molecular weight excluding hydrogens is 286 g/mol. The van der Waals surface area contributed by atoms with Crippen LogP contribution in [0.4, 0.5) is 0 Å². The largest absolute Gasteiger partial charge is 0.383 e. The first-order valence-electron chi connectivity index (χ1n) is 8.16. The molecule has 3 rings (SSSR count). The van der Waals surface area contributed by atoms with Crippen LogP contribution in [0.1, 0.15) is 45.5 Å². The number of hydrogen-bond acceptors (Lipinski definition) is 2. The number of fused-ring (bicyclic) bond motifs is 1. The smallest absolute Gasteiger partial charge is 0.251 e. The molecule has 1 aliphatic carbocycles. The van der Waals surface area contributed by atoms with Crippen LogP contribution in [0.2, 0.25) is 0 Å². The minimum absolute atomic E-state index is 0.114. The lowest BCUT2D eigenvalue weighted by Crippen LogP contribution is -2.43. The van der Waals surface area contributed by atoms with Crippen LogP contribution < -0.4 is 5.32 Å². The van der Waals surface area contributed by atoms with E-state index in [4.69, 9.17) is 0 Å². The van der Waals surface area contributed by atoms with Crippen LogP contribution in [-0.2, 0) is 12.0 Å². The van der Waals surface area contributed by atoms with Gasteiger partial charge < -0.3 is 10.4 Å². The average molecular weight is 309 g/mol. The summed E-state index contributed by atoms with van der Waals surface area (Å²) in [6, 6.07) is 13.8. The third kappa shape index (κ3) is 3.02. The molecule has 0 aromatic heterocycles. The van der Waals surface area contributed by atoms with Crippen LogP contribution in [0.5, 0.6) is 0 Å². The van der Waals surface area contributed by atoms with Crippen molar-refractivity contribution in [2.75, 3.05) is 6.54 Å². The number of aryl methyl sites for hydroxylation is 3. The Morgan fingerprint density at radius 3 is 2.57 bits per heavy atom. The molecule has 3 nitrogen and oxygen atoms in total. The second-order valence-corrected chi connectivity index (χ2v) is 6.49. The zero-order valence-electron chi connectivity index (χ0n) is 13.7. The third-order valence-corrected chi connectivity index (χ3v) is 4.80. The molecule has 0 radical (unpaired) electrons. The molecule has 0 bridgehead atoms. The van der Waals surface area contributed by atoms with Crippen molar-refractivity contribution in [2.24, 2.45) is 0 Å². The SMILES string of the molecule is Cc1cccc(C)c1C(=O)NCC1(O)CCCc2ccccc21. The maximum Gasteiger partial charge on any atom is 0.251 e. The number of benzene rings is 2. The van der Waals surface area contributed by atoms with Gasteiger partial charge in [0.15, 0.2) is 0 Å². The quantitative estimate of drug-likeness (QED) is 0.914.